The van der Waals surface area contributed by atoms with Crippen LogP contribution in [0.2, 0.25) is 0 Å². The first-order valence-electron chi connectivity index (χ1n) is 8.49. The highest BCUT2D eigenvalue weighted by Crippen LogP contribution is 2.23. The zero-order valence-electron chi connectivity index (χ0n) is 14.1. The van der Waals surface area contributed by atoms with E-state index in [1.807, 2.05) is 42.5 Å². The summed E-state index contributed by atoms with van der Waals surface area (Å²) in [6, 6.07) is 17.7. The lowest BCUT2D eigenvalue weighted by Crippen LogP contribution is -2.22. The minimum absolute atomic E-state index is 0.0112. The molecule has 1 aliphatic rings. The highest BCUT2D eigenvalue weighted by Gasteiger charge is 2.13. The number of hydrogen-bond donors (Lipinski definition) is 0. The van der Waals surface area contributed by atoms with E-state index in [0.717, 1.165) is 41.2 Å². The van der Waals surface area contributed by atoms with E-state index in [1.54, 1.807) is 11.6 Å². The van der Waals surface area contributed by atoms with Crippen molar-refractivity contribution in [3.05, 3.63) is 82.4 Å². The third-order valence-electron chi connectivity index (χ3n) is 4.59. The molecule has 0 spiro atoms. The summed E-state index contributed by atoms with van der Waals surface area (Å²) in [6.45, 7) is 0. The average Bonchev–Trinajstić information content (AvgIpc) is 3.13. The van der Waals surface area contributed by atoms with Crippen molar-refractivity contribution >= 4 is 22.3 Å². The van der Waals surface area contributed by atoms with E-state index in [9.17, 15) is 4.79 Å². The van der Waals surface area contributed by atoms with Crippen molar-refractivity contribution in [1.29, 1.82) is 0 Å². The van der Waals surface area contributed by atoms with Crippen LogP contribution in [0.4, 0.5) is 0 Å². The van der Waals surface area contributed by atoms with Gasteiger partial charge in [-0.15, -0.1) is 0 Å². The minimum atomic E-state index is 0.0112. The molecule has 124 valence electrons. The Bertz CT molecular complexity index is 1050. The zero-order chi connectivity index (χ0) is 17.2. The summed E-state index contributed by atoms with van der Waals surface area (Å²) in [5.74, 6) is 0.805. The van der Waals surface area contributed by atoms with Gasteiger partial charge in [-0.3, -0.25) is 14.4 Å². The van der Waals surface area contributed by atoms with Crippen LogP contribution in [0.25, 0.3) is 16.6 Å². The second-order valence-electron chi connectivity index (χ2n) is 6.25. The number of rotatable bonds is 4. The van der Waals surface area contributed by atoms with E-state index in [1.165, 1.54) is 0 Å². The number of aryl methyl sites for hydroxylation is 1. The van der Waals surface area contributed by atoms with Crippen LogP contribution in [0.15, 0.2) is 70.5 Å². The molecule has 2 aromatic carbocycles. The van der Waals surface area contributed by atoms with Crippen LogP contribution in [0.3, 0.4) is 0 Å². The molecule has 0 bridgehead atoms. The highest BCUT2D eigenvalue weighted by atomic mass is 16.1. The van der Waals surface area contributed by atoms with Crippen molar-refractivity contribution in [2.45, 2.75) is 19.3 Å². The number of hydrogen-bond acceptors (Lipinski definition) is 3. The summed E-state index contributed by atoms with van der Waals surface area (Å²) >= 11 is 0. The average molecular weight is 329 g/mol. The maximum absolute atomic E-state index is 12.5. The number of fused-ring (bicyclic) bond motifs is 1. The van der Waals surface area contributed by atoms with E-state index in [4.69, 9.17) is 4.99 Å². The van der Waals surface area contributed by atoms with Crippen LogP contribution in [0.1, 0.15) is 24.2 Å². The summed E-state index contributed by atoms with van der Waals surface area (Å²) in [5, 5.41) is 0.667. The molecule has 0 saturated heterocycles. The standard InChI is InChI=1S/C21H19N3O/c1-24-20(23-19-10-6-5-9-17(19)21(24)25)14-12-16-11-13-18(22-16)15-7-3-2-4-8-15/h2-10,13H,11-12,14H2,1H3. The van der Waals surface area contributed by atoms with Gasteiger partial charge in [0.25, 0.3) is 5.56 Å². The Morgan fingerprint density at radius 1 is 1.00 bits per heavy atom. The first kappa shape index (κ1) is 15.5. The fraction of sp³-hybridized carbons (Fsp3) is 0.190. The van der Waals surface area contributed by atoms with Gasteiger partial charge >= 0.3 is 0 Å². The molecule has 4 heteroatoms. The molecule has 0 atom stereocenters. The summed E-state index contributed by atoms with van der Waals surface area (Å²) in [6.07, 6.45) is 4.56. The maximum atomic E-state index is 12.5. The molecule has 0 N–H and O–H groups in total. The molecule has 4 rings (SSSR count). The predicted octanol–water partition coefficient (Wildman–Crippen LogP) is 3.75. The van der Waals surface area contributed by atoms with Gasteiger partial charge in [0.1, 0.15) is 5.82 Å². The molecular formula is C21H19N3O. The molecule has 0 saturated carbocycles. The van der Waals surface area contributed by atoms with Crippen LogP contribution < -0.4 is 5.56 Å². The lowest BCUT2D eigenvalue weighted by Gasteiger charge is -2.09. The fourth-order valence-corrected chi connectivity index (χ4v) is 3.17. The Balaban J connectivity index is 1.54. The maximum Gasteiger partial charge on any atom is 0.261 e. The smallest absolute Gasteiger partial charge is 0.261 e. The SMILES string of the molecule is Cn1c(CCC2=NC(c3ccccc3)=CC2)nc2ccccc2c1=O. The Morgan fingerprint density at radius 3 is 2.60 bits per heavy atom. The largest absolute Gasteiger partial charge is 0.299 e. The lowest BCUT2D eigenvalue weighted by molar-refractivity contribution is 0.738. The van der Waals surface area contributed by atoms with Crippen molar-refractivity contribution in [1.82, 2.24) is 9.55 Å². The minimum Gasteiger partial charge on any atom is -0.299 e. The number of nitrogens with zero attached hydrogens (tertiary/aromatic N) is 3. The van der Waals surface area contributed by atoms with Crippen molar-refractivity contribution in [3.63, 3.8) is 0 Å². The van der Waals surface area contributed by atoms with Gasteiger partial charge in [0.15, 0.2) is 0 Å². The molecular weight excluding hydrogens is 310 g/mol. The van der Waals surface area contributed by atoms with Crippen LogP contribution >= 0.6 is 0 Å². The van der Waals surface area contributed by atoms with Gasteiger partial charge in [-0.25, -0.2) is 4.98 Å². The van der Waals surface area contributed by atoms with Crippen LogP contribution in [0, 0.1) is 0 Å². The van der Waals surface area contributed by atoms with Crippen molar-refractivity contribution in [2.24, 2.45) is 12.0 Å². The quantitative estimate of drug-likeness (QED) is 0.732. The Kier molecular flexibility index (Phi) is 4.02. The van der Waals surface area contributed by atoms with Gasteiger partial charge < -0.3 is 0 Å². The first-order valence-corrected chi connectivity index (χ1v) is 8.49. The van der Waals surface area contributed by atoms with Gasteiger partial charge in [0, 0.05) is 25.6 Å². The molecule has 0 radical (unpaired) electrons. The van der Waals surface area contributed by atoms with E-state index in [2.05, 4.69) is 23.2 Å². The van der Waals surface area contributed by atoms with Crippen molar-refractivity contribution in [2.75, 3.05) is 0 Å². The molecule has 4 nitrogen and oxygen atoms in total. The number of benzene rings is 2. The predicted molar refractivity (Wildman–Crippen MR) is 102 cm³/mol. The first-order chi connectivity index (χ1) is 12.2. The molecule has 0 amide bonds. The van der Waals surface area contributed by atoms with Gasteiger partial charge in [-0.2, -0.15) is 0 Å². The summed E-state index contributed by atoms with van der Waals surface area (Å²) in [5.41, 5.74) is 4.10. The van der Waals surface area contributed by atoms with E-state index in [0.29, 0.717) is 11.8 Å². The van der Waals surface area contributed by atoms with Gasteiger partial charge in [0.05, 0.1) is 16.6 Å². The van der Waals surface area contributed by atoms with E-state index < -0.39 is 0 Å². The van der Waals surface area contributed by atoms with E-state index >= 15 is 0 Å². The molecule has 3 aromatic rings. The Labute approximate surface area is 146 Å². The highest BCUT2D eigenvalue weighted by molar-refractivity contribution is 5.95. The molecule has 0 aliphatic carbocycles. The second-order valence-corrected chi connectivity index (χ2v) is 6.25. The number of allylic oxidation sites excluding steroid dienone is 1. The Hall–Kier alpha value is -3.01. The van der Waals surface area contributed by atoms with Gasteiger partial charge in [-0.1, -0.05) is 48.5 Å². The number of para-hydroxylation sites is 1. The van der Waals surface area contributed by atoms with Crippen molar-refractivity contribution in [3.8, 4) is 0 Å². The summed E-state index contributed by atoms with van der Waals surface area (Å²) in [7, 11) is 1.79. The van der Waals surface area contributed by atoms with Gasteiger partial charge in [-0.05, 0) is 24.1 Å². The Morgan fingerprint density at radius 2 is 1.76 bits per heavy atom. The monoisotopic (exact) mass is 329 g/mol. The van der Waals surface area contributed by atoms with Gasteiger partial charge in [0.2, 0.25) is 0 Å². The molecule has 25 heavy (non-hydrogen) atoms. The normalized spacial score (nSPS) is 13.8. The zero-order valence-corrected chi connectivity index (χ0v) is 14.1. The lowest BCUT2D eigenvalue weighted by atomic mass is 10.1. The number of aliphatic imine (C=N–C) groups is 1. The van der Waals surface area contributed by atoms with Crippen molar-refractivity contribution < 1.29 is 0 Å². The molecule has 2 heterocycles. The fourth-order valence-electron chi connectivity index (χ4n) is 3.17. The number of aromatic nitrogens is 2. The third-order valence-corrected chi connectivity index (χ3v) is 4.59. The summed E-state index contributed by atoms with van der Waals surface area (Å²) in [4.78, 5) is 21.9. The van der Waals surface area contributed by atoms with Crippen LogP contribution in [0.5, 0.6) is 0 Å². The topological polar surface area (TPSA) is 47.2 Å². The van der Waals surface area contributed by atoms with E-state index in [-0.39, 0.29) is 5.56 Å². The van der Waals surface area contributed by atoms with Crippen LogP contribution in [-0.4, -0.2) is 15.3 Å². The van der Waals surface area contributed by atoms with Crippen LogP contribution in [-0.2, 0) is 13.5 Å². The summed E-state index contributed by atoms with van der Waals surface area (Å²) < 4.78 is 1.66. The molecule has 1 aromatic heterocycles. The third kappa shape index (κ3) is 3.03. The second kappa shape index (κ2) is 6.48. The molecule has 1 aliphatic heterocycles. The molecule has 0 fully saturated rings. The molecule has 0 unspecified atom stereocenters.